The third-order valence-corrected chi connectivity index (χ3v) is 2.95. The molecule has 0 radical (unpaired) electrons. The van der Waals surface area contributed by atoms with E-state index in [1.807, 2.05) is 10.8 Å². The summed E-state index contributed by atoms with van der Waals surface area (Å²) in [6, 6.07) is 4.21. The average Bonchev–Trinajstić information content (AvgIpc) is 2.91. The fourth-order valence-electron chi connectivity index (χ4n) is 1.95. The largest absolute Gasteiger partial charge is 0.478 e. The first-order valence-electron chi connectivity index (χ1n) is 6.40. The van der Waals surface area contributed by atoms with E-state index in [0.717, 1.165) is 25.5 Å². The molecular formula is C14H16FN3O2. The molecule has 106 valence electrons. The maximum absolute atomic E-state index is 13.4. The highest BCUT2D eigenvalue weighted by Crippen LogP contribution is 2.18. The predicted molar refractivity (Wildman–Crippen MR) is 73.3 cm³/mol. The van der Waals surface area contributed by atoms with Crippen LogP contribution in [0.1, 0.15) is 23.2 Å². The number of nitrogens with one attached hydrogen (secondary N) is 1. The Morgan fingerprint density at radius 3 is 2.95 bits per heavy atom. The Morgan fingerprint density at radius 2 is 2.25 bits per heavy atom. The molecule has 6 heteroatoms. The molecule has 0 fully saturated rings. The zero-order chi connectivity index (χ0) is 14.4. The van der Waals surface area contributed by atoms with Crippen molar-refractivity contribution in [1.82, 2.24) is 9.55 Å². The van der Waals surface area contributed by atoms with Crippen LogP contribution in [0.15, 0.2) is 36.9 Å². The summed E-state index contributed by atoms with van der Waals surface area (Å²) in [5, 5.41) is 12.0. The number of anilines is 1. The number of unbranched alkanes of at least 4 members (excludes halogenated alkanes) is 1. The van der Waals surface area contributed by atoms with Gasteiger partial charge >= 0.3 is 5.97 Å². The van der Waals surface area contributed by atoms with Crippen LogP contribution in [0, 0.1) is 5.82 Å². The number of aromatic carboxylic acids is 1. The molecule has 1 aromatic heterocycles. The van der Waals surface area contributed by atoms with Crippen molar-refractivity contribution in [3.8, 4) is 0 Å². The van der Waals surface area contributed by atoms with Crippen molar-refractivity contribution in [2.45, 2.75) is 19.4 Å². The highest BCUT2D eigenvalue weighted by molar-refractivity contribution is 5.94. The lowest BCUT2D eigenvalue weighted by Gasteiger charge is -2.10. The van der Waals surface area contributed by atoms with Gasteiger partial charge in [-0.05, 0) is 25.0 Å². The fraction of sp³-hybridized carbons (Fsp3) is 0.286. The van der Waals surface area contributed by atoms with Gasteiger partial charge in [-0.1, -0.05) is 6.07 Å². The van der Waals surface area contributed by atoms with Gasteiger partial charge in [-0.15, -0.1) is 0 Å². The topological polar surface area (TPSA) is 67.2 Å². The van der Waals surface area contributed by atoms with Crippen molar-refractivity contribution in [2.24, 2.45) is 0 Å². The second kappa shape index (κ2) is 6.70. The molecule has 2 aromatic rings. The lowest BCUT2D eigenvalue weighted by Crippen LogP contribution is -2.10. The molecule has 0 spiro atoms. The Balaban J connectivity index is 1.82. The smallest absolute Gasteiger partial charge is 0.340 e. The number of halogens is 1. The molecule has 2 N–H and O–H groups in total. The first-order valence-corrected chi connectivity index (χ1v) is 6.40. The van der Waals surface area contributed by atoms with Crippen molar-refractivity contribution in [2.75, 3.05) is 11.9 Å². The number of aryl methyl sites for hydroxylation is 1. The molecule has 0 atom stereocenters. The summed E-state index contributed by atoms with van der Waals surface area (Å²) in [6.07, 6.45) is 7.16. The summed E-state index contributed by atoms with van der Waals surface area (Å²) in [7, 11) is 0. The van der Waals surface area contributed by atoms with Gasteiger partial charge in [0.25, 0.3) is 0 Å². The van der Waals surface area contributed by atoms with E-state index < -0.39 is 11.8 Å². The summed E-state index contributed by atoms with van der Waals surface area (Å²) in [5.41, 5.74) is 0.0160. The second-order valence-electron chi connectivity index (χ2n) is 4.40. The number of benzene rings is 1. The van der Waals surface area contributed by atoms with Gasteiger partial charge in [0, 0.05) is 25.5 Å². The quantitative estimate of drug-likeness (QED) is 0.763. The SMILES string of the molecule is O=C(O)c1c(F)cccc1NCCCCn1ccnc1. The van der Waals surface area contributed by atoms with E-state index in [0.29, 0.717) is 12.2 Å². The minimum absolute atomic E-state index is 0.304. The van der Waals surface area contributed by atoms with E-state index in [1.165, 1.54) is 6.07 Å². The molecule has 1 heterocycles. The highest BCUT2D eigenvalue weighted by atomic mass is 19.1. The summed E-state index contributed by atoms with van der Waals surface area (Å²) in [4.78, 5) is 14.9. The Kier molecular flexibility index (Phi) is 4.70. The van der Waals surface area contributed by atoms with Crippen molar-refractivity contribution in [1.29, 1.82) is 0 Å². The molecule has 0 bridgehead atoms. The summed E-state index contributed by atoms with van der Waals surface area (Å²) in [5.74, 6) is -1.98. The van der Waals surface area contributed by atoms with Gasteiger partial charge in [-0.25, -0.2) is 14.2 Å². The Morgan fingerprint density at radius 1 is 1.40 bits per heavy atom. The van der Waals surface area contributed by atoms with Crippen LogP contribution >= 0.6 is 0 Å². The van der Waals surface area contributed by atoms with E-state index >= 15 is 0 Å². The number of imidazole rings is 1. The van der Waals surface area contributed by atoms with Crippen molar-refractivity contribution in [3.05, 3.63) is 48.3 Å². The van der Waals surface area contributed by atoms with Crippen LogP contribution in [0.25, 0.3) is 0 Å². The normalized spacial score (nSPS) is 10.4. The molecule has 2 rings (SSSR count). The van der Waals surface area contributed by atoms with E-state index in [1.54, 1.807) is 18.6 Å². The number of aromatic nitrogens is 2. The average molecular weight is 277 g/mol. The highest BCUT2D eigenvalue weighted by Gasteiger charge is 2.14. The van der Waals surface area contributed by atoms with E-state index in [4.69, 9.17) is 5.11 Å². The van der Waals surface area contributed by atoms with Gasteiger partial charge < -0.3 is 15.0 Å². The molecule has 0 saturated carbocycles. The standard InChI is InChI=1S/C14H16FN3O2/c15-11-4-3-5-12(13(11)14(19)20)17-6-1-2-8-18-9-7-16-10-18/h3-5,7,9-10,17H,1-2,6,8H2,(H,19,20). The number of nitrogens with zero attached hydrogens (tertiary/aromatic N) is 2. The van der Waals surface area contributed by atoms with E-state index in [2.05, 4.69) is 10.3 Å². The van der Waals surface area contributed by atoms with Gasteiger partial charge in [0.15, 0.2) is 0 Å². The Bertz CT molecular complexity index is 570. The van der Waals surface area contributed by atoms with Crippen molar-refractivity contribution < 1.29 is 14.3 Å². The zero-order valence-corrected chi connectivity index (χ0v) is 10.9. The molecule has 0 aliphatic rings. The molecule has 0 aliphatic heterocycles. The maximum atomic E-state index is 13.4. The number of carboxylic acid groups (broad SMARTS) is 1. The van der Waals surface area contributed by atoms with Crippen LogP contribution in [0.4, 0.5) is 10.1 Å². The minimum atomic E-state index is -1.26. The monoisotopic (exact) mass is 277 g/mol. The van der Waals surface area contributed by atoms with Crippen LogP contribution < -0.4 is 5.32 Å². The van der Waals surface area contributed by atoms with Gasteiger partial charge in [-0.3, -0.25) is 0 Å². The lowest BCUT2D eigenvalue weighted by atomic mass is 10.1. The maximum Gasteiger partial charge on any atom is 0.340 e. The van der Waals surface area contributed by atoms with Crippen molar-refractivity contribution >= 4 is 11.7 Å². The van der Waals surface area contributed by atoms with Gasteiger partial charge in [0.2, 0.25) is 0 Å². The lowest BCUT2D eigenvalue weighted by molar-refractivity contribution is 0.0693. The summed E-state index contributed by atoms with van der Waals surface area (Å²) < 4.78 is 15.4. The number of carbonyl (C=O) groups is 1. The zero-order valence-electron chi connectivity index (χ0n) is 10.9. The summed E-state index contributed by atoms with van der Waals surface area (Å²) in [6.45, 7) is 1.45. The van der Waals surface area contributed by atoms with Crippen LogP contribution in [-0.2, 0) is 6.54 Å². The molecule has 20 heavy (non-hydrogen) atoms. The first kappa shape index (κ1) is 14.0. The van der Waals surface area contributed by atoms with Gasteiger partial charge in [0.05, 0.1) is 12.0 Å². The molecule has 0 amide bonds. The number of hydrogen-bond acceptors (Lipinski definition) is 3. The molecule has 0 saturated heterocycles. The van der Waals surface area contributed by atoms with Crippen LogP contribution in [0.5, 0.6) is 0 Å². The fourth-order valence-corrected chi connectivity index (χ4v) is 1.95. The minimum Gasteiger partial charge on any atom is -0.478 e. The van der Waals surface area contributed by atoms with E-state index in [9.17, 15) is 9.18 Å². The molecule has 1 aromatic carbocycles. The predicted octanol–water partition coefficient (Wildman–Crippen LogP) is 2.61. The molecule has 0 aliphatic carbocycles. The second-order valence-corrected chi connectivity index (χ2v) is 4.40. The molecular weight excluding hydrogens is 261 g/mol. The van der Waals surface area contributed by atoms with Gasteiger partial charge in [-0.2, -0.15) is 0 Å². The van der Waals surface area contributed by atoms with Crippen LogP contribution in [0.2, 0.25) is 0 Å². The number of carboxylic acids is 1. The number of hydrogen-bond donors (Lipinski definition) is 2. The third-order valence-electron chi connectivity index (χ3n) is 2.95. The first-order chi connectivity index (χ1) is 9.68. The Labute approximate surface area is 116 Å². The van der Waals surface area contributed by atoms with E-state index in [-0.39, 0.29) is 5.56 Å². The van der Waals surface area contributed by atoms with Gasteiger partial charge in [0.1, 0.15) is 11.4 Å². The van der Waals surface area contributed by atoms with Crippen LogP contribution in [0.3, 0.4) is 0 Å². The molecule has 0 unspecified atom stereocenters. The molecule has 5 nitrogen and oxygen atoms in total. The summed E-state index contributed by atoms with van der Waals surface area (Å²) >= 11 is 0. The Hall–Kier alpha value is -2.37. The van der Waals surface area contributed by atoms with Crippen molar-refractivity contribution in [3.63, 3.8) is 0 Å². The third kappa shape index (κ3) is 3.57. The van der Waals surface area contributed by atoms with Crippen LogP contribution in [-0.4, -0.2) is 27.2 Å². The number of rotatable bonds is 7.